The largest absolute Gasteiger partial charge is 0.456 e. The molecule has 0 radical (unpaired) electrons. The Hall–Kier alpha value is -6.89. The Bertz CT molecular complexity index is 2670. The molecule has 1 aliphatic heterocycles. The van der Waals surface area contributed by atoms with E-state index in [0.717, 1.165) is 56.0 Å². The maximum Gasteiger partial charge on any atom is 0.140 e. The van der Waals surface area contributed by atoms with Crippen LogP contribution >= 0.6 is 0 Å². The van der Waals surface area contributed by atoms with Crippen LogP contribution in [-0.2, 0) is 5.41 Å². The summed E-state index contributed by atoms with van der Waals surface area (Å²) in [6, 6.07) is 66.5. The Balaban J connectivity index is 1.27. The minimum absolute atomic E-state index is 0.607. The van der Waals surface area contributed by atoms with E-state index in [1.54, 1.807) is 0 Å². The van der Waals surface area contributed by atoms with Crippen LogP contribution < -0.4 is 9.64 Å². The summed E-state index contributed by atoms with van der Waals surface area (Å²) in [5.41, 5.74) is 12.5. The molecule has 0 saturated heterocycles. The summed E-state index contributed by atoms with van der Waals surface area (Å²) in [5, 5.41) is 11.9. The number of hydrogen-bond acceptors (Lipinski definition) is 3. The molecule has 0 bridgehead atoms. The highest BCUT2D eigenvalue weighted by Crippen LogP contribution is 2.64. The SMILES string of the molecule is N#Cc1ccc(N(c2ccc(-c3ccccc3)cc2)c2cccc3c2-c2ccccc2C32c3ccccc3Oc3c2ccc2ccccc32)cc1. The topological polar surface area (TPSA) is 36.3 Å². The van der Waals surface area contributed by atoms with Crippen molar-refractivity contribution in [1.82, 2.24) is 0 Å². The molecular weight excluding hydrogens is 621 g/mol. The van der Waals surface area contributed by atoms with Gasteiger partial charge in [0.25, 0.3) is 0 Å². The van der Waals surface area contributed by atoms with Crippen molar-refractivity contribution in [2.24, 2.45) is 0 Å². The molecule has 51 heavy (non-hydrogen) atoms. The first kappa shape index (κ1) is 29.1. The van der Waals surface area contributed by atoms with Gasteiger partial charge in [-0.2, -0.15) is 5.26 Å². The molecule has 3 heteroatoms. The van der Waals surface area contributed by atoms with Gasteiger partial charge in [-0.05, 0) is 81.7 Å². The number of para-hydroxylation sites is 1. The second-order valence-corrected chi connectivity index (χ2v) is 13.2. The van der Waals surface area contributed by atoms with Crippen molar-refractivity contribution in [3.8, 4) is 39.8 Å². The molecule has 0 saturated carbocycles. The predicted octanol–water partition coefficient (Wildman–Crippen LogP) is 12.3. The van der Waals surface area contributed by atoms with E-state index in [0.29, 0.717) is 5.56 Å². The lowest BCUT2D eigenvalue weighted by atomic mass is 9.65. The lowest BCUT2D eigenvalue weighted by molar-refractivity contribution is 0.441. The van der Waals surface area contributed by atoms with Crippen LogP contribution in [0.5, 0.6) is 11.5 Å². The molecule has 1 aliphatic carbocycles. The van der Waals surface area contributed by atoms with Crippen molar-refractivity contribution in [2.75, 3.05) is 4.90 Å². The third-order valence-corrected chi connectivity index (χ3v) is 10.6. The maximum absolute atomic E-state index is 9.67. The van der Waals surface area contributed by atoms with E-state index in [4.69, 9.17) is 4.74 Å². The van der Waals surface area contributed by atoms with Crippen LogP contribution in [0.2, 0.25) is 0 Å². The van der Waals surface area contributed by atoms with Crippen LogP contribution in [0.15, 0.2) is 182 Å². The summed E-state index contributed by atoms with van der Waals surface area (Å²) in [6.45, 7) is 0. The third-order valence-electron chi connectivity index (χ3n) is 10.6. The zero-order valence-electron chi connectivity index (χ0n) is 27.6. The van der Waals surface area contributed by atoms with Gasteiger partial charge in [0.1, 0.15) is 11.5 Å². The van der Waals surface area contributed by atoms with Gasteiger partial charge in [0.15, 0.2) is 0 Å². The molecular formula is C48H30N2O. The van der Waals surface area contributed by atoms with E-state index in [2.05, 4.69) is 163 Å². The number of rotatable bonds is 4. The van der Waals surface area contributed by atoms with Crippen molar-refractivity contribution in [3.05, 3.63) is 210 Å². The number of nitriles is 1. The highest BCUT2D eigenvalue weighted by atomic mass is 16.5. The maximum atomic E-state index is 9.67. The molecule has 0 aromatic heterocycles. The molecule has 2 aliphatic rings. The highest BCUT2D eigenvalue weighted by Gasteiger charge is 2.52. The highest BCUT2D eigenvalue weighted by molar-refractivity contribution is 6.00. The van der Waals surface area contributed by atoms with Crippen molar-refractivity contribution in [2.45, 2.75) is 5.41 Å². The molecule has 238 valence electrons. The van der Waals surface area contributed by atoms with Crippen LogP contribution in [0, 0.1) is 11.3 Å². The minimum atomic E-state index is -0.607. The Morgan fingerprint density at radius 3 is 1.94 bits per heavy atom. The summed E-state index contributed by atoms with van der Waals surface area (Å²) in [5.74, 6) is 1.77. The average molecular weight is 651 g/mol. The van der Waals surface area contributed by atoms with E-state index in [1.165, 1.54) is 27.8 Å². The van der Waals surface area contributed by atoms with Gasteiger partial charge < -0.3 is 9.64 Å². The van der Waals surface area contributed by atoms with Gasteiger partial charge in [0, 0.05) is 33.5 Å². The summed E-state index contributed by atoms with van der Waals surface area (Å²) in [4.78, 5) is 2.33. The van der Waals surface area contributed by atoms with Crippen LogP contribution in [0.4, 0.5) is 17.1 Å². The average Bonchev–Trinajstić information content (AvgIpc) is 3.50. The van der Waals surface area contributed by atoms with Gasteiger partial charge >= 0.3 is 0 Å². The zero-order chi connectivity index (χ0) is 33.9. The molecule has 3 nitrogen and oxygen atoms in total. The smallest absolute Gasteiger partial charge is 0.140 e. The molecule has 8 aromatic carbocycles. The standard InChI is InChI=1S/C48H30N2O/c49-31-32-21-26-36(27-22-32)50(37-28-23-34(24-29-37)33-11-2-1-3-12-33)44-19-10-18-42-46(44)39-15-6-7-16-40(39)48(42)41-17-8-9-20-45(41)51-47-38-14-5-4-13-35(38)25-30-43(47)48/h1-30H. The summed E-state index contributed by atoms with van der Waals surface area (Å²) >= 11 is 0. The van der Waals surface area contributed by atoms with Crippen LogP contribution in [0.1, 0.15) is 27.8 Å². The zero-order valence-corrected chi connectivity index (χ0v) is 27.6. The van der Waals surface area contributed by atoms with E-state index in [-0.39, 0.29) is 0 Å². The lowest BCUT2D eigenvalue weighted by Crippen LogP contribution is -2.32. The Morgan fingerprint density at radius 2 is 1.14 bits per heavy atom. The Morgan fingerprint density at radius 1 is 0.490 bits per heavy atom. The second kappa shape index (κ2) is 11.3. The summed E-state index contributed by atoms with van der Waals surface area (Å²) in [7, 11) is 0. The van der Waals surface area contributed by atoms with Crippen LogP contribution in [0.3, 0.4) is 0 Å². The molecule has 0 fully saturated rings. The number of fused-ring (bicyclic) bond motifs is 11. The quantitative estimate of drug-likeness (QED) is 0.190. The summed E-state index contributed by atoms with van der Waals surface area (Å²) < 4.78 is 6.86. The fraction of sp³-hybridized carbons (Fsp3) is 0.0208. The van der Waals surface area contributed by atoms with Gasteiger partial charge in [-0.25, -0.2) is 0 Å². The molecule has 0 amide bonds. The molecule has 1 atom stereocenters. The fourth-order valence-electron chi connectivity index (χ4n) is 8.39. The monoisotopic (exact) mass is 650 g/mol. The van der Waals surface area contributed by atoms with E-state index >= 15 is 0 Å². The van der Waals surface area contributed by atoms with Gasteiger partial charge in [-0.15, -0.1) is 0 Å². The first-order valence-corrected chi connectivity index (χ1v) is 17.2. The number of anilines is 3. The molecule has 1 spiro atoms. The number of benzene rings is 8. The van der Waals surface area contributed by atoms with Crippen molar-refractivity contribution < 1.29 is 4.74 Å². The van der Waals surface area contributed by atoms with Gasteiger partial charge in [-0.1, -0.05) is 133 Å². The van der Waals surface area contributed by atoms with Crippen molar-refractivity contribution in [3.63, 3.8) is 0 Å². The third kappa shape index (κ3) is 4.24. The number of hydrogen-bond donors (Lipinski definition) is 0. The van der Waals surface area contributed by atoms with Crippen molar-refractivity contribution >= 4 is 27.8 Å². The van der Waals surface area contributed by atoms with Crippen LogP contribution in [-0.4, -0.2) is 0 Å². The van der Waals surface area contributed by atoms with Gasteiger partial charge in [0.2, 0.25) is 0 Å². The molecule has 1 unspecified atom stereocenters. The Labute approximate surface area is 296 Å². The van der Waals surface area contributed by atoms with Gasteiger partial charge in [0.05, 0.1) is 22.7 Å². The number of ether oxygens (including phenoxy) is 1. The molecule has 8 aromatic rings. The molecule has 10 rings (SSSR count). The lowest BCUT2D eigenvalue weighted by Gasteiger charge is -2.40. The van der Waals surface area contributed by atoms with Crippen molar-refractivity contribution in [1.29, 1.82) is 5.26 Å². The summed E-state index contributed by atoms with van der Waals surface area (Å²) in [6.07, 6.45) is 0. The van der Waals surface area contributed by atoms with E-state index in [1.807, 2.05) is 30.3 Å². The van der Waals surface area contributed by atoms with E-state index in [9.17, 15) is 5.26 Å². The van der Waals surface area contributed by atoms with E-state index < -0.39 is 5.41 Å². The molecule has 0 N–H and O–H groups in total. The fourth-order valence-corrected chi connectivity index (χ4v) is 8.39. The minimum Gasteiger partial charge on any atom is -0.456 e. The molecule has 1 heterocycles. The van der Waals surface area contributed by atoms with Crippen LogP contribution in [0.25, 0.3) is 33.0 Å². The Kier molecular flexibility index (Phi) is 6.46. The normalized spacial score (nSPS) is 14.9. The second-order valence-electron chi connectivity index (χ2n) is 13.2. The first-order valence-electron chi connectivity index (χ1n) is 17.2. The van der Waals surface area contributed by atoms with Gasteiger partial charge in [-0.3, -0.25) is 0 Å². The number of nitrogens with zero attached hydrogens (tertiary/aromatic N) is 2. The first-order chi connectivity index (χ1) is 25.3. The predicted molar refractivity (Wildman–Crippen MR) is 206 cm³/mol.